The van der Waals surface area contributed by atoms with Crippen LogP contribution in [-0.2, 0) is 38.2 Å². The van der Waals surface area contributed by atoms with Crippen molar-refractivity contribution in [2.24, 2.45) is 0 Å². The Balaban J connectivity index is 1.74. The van der Waals surface area contributed by atoms with E-state index < -0.39 is 63.2 Å². The van der Waals surface area contributed by atoms with E-state index in [1.54, 1.807) is 0 Å². The number of Topliss-reactive ketones (excluding diaryl/α,β-unsaturated/α-hetero) is 1. The number of ketones is 1. The average molecular weight is 584 g/mol. The molecular formula is C25H23F2NO11S. The predicted octanol–water partition coefficient (Wildman–Crippen LogP) is 2.91. The second kappa shape index (κ2) is 10.8. The van der Waals surface area contributed by atoms with Crippen molar-refractivity contribution in [1.29, 1.82) is 0 Å². The Hall–Kier alpha value is -4.08. The normalized spacial score (nSPS) is 13.8. The van der Waals surface area contributed by atoms with Gasteiger partial charge in [0.2, 0.25) is 5.79 Å². The molecule has 0 atom stereocenters. The maximum absolute atomic E-state index is 14.6. The average Bonchev–Trinajstić information content (AvgIpc) is 2.86. The smallest absolute Gasteiger partial charge is 0.458 e. The number of hydrogen-bond acceptors (Lipinski definition) is 11. The summed E-state index contributed by atoms with van der Waals surface area (Å²) in [6.45, 7) is 7.12. The van der Waals surface area contributed by atoms with Crippen LogP contribution in [0.3, 0.4) is 0 Å². The van der Waals surface area contributed by atoms with Crippen LogP contribution in [0.1, 0.15) is 58.8 Å². The molecule has 15 heteroatoms. The molecule has 40 heavy (non-hydrogen) atoms. The maximum Gasteiger partial charge on any atom is 0.467 e. The first-order valence-corrected chi connectivity index (χ1v) is 12.8. The van der Waals surface area contributed by atoms with E-state index in [1.165, 1.54) is 52.0 Å². The molecule has 0 unspecified atom stereocenters. The maximum atomic E-state index is 14.6. The Morgan fingerprint density at radius 1 is 0.975 bits per heavy atom. The molecule has 0 saturated carbocycles. The summed E-state index contributed by atoms with van der Waals surface area (Å²) < 4.78 is 72.4. The first-order valence-electron chi connectivity index (χ1n) is 11.4. The van der Waals surface area contributed by atoms with E-state index in [9.17, 15) is 41.2 Å². The minimum atomic E-state index is -6.31. The van der Waals surface area contributed by atoms with Crippen LogP contribution < -0.4 is 0 Å². The molecule has 1 heterocycles. The summed E-state index contributed by atoms with van der Waals surface area (Å²) in [5.74, 6) is -8.19. The van der Waals surface area contributed by atoms with E-state index >= 15 is 0 Å². The number of esters is 2. The minimum Gasteiger partial charge on any atom is -0.458 e. The summed E-state index contributed by atoms with van der Waals surface area (Å²) in [7, 11) is -6.31. The number of ether oxygens (including phenoxy) is 3. The molecule has 0 bridgehead atoms. The summed E-state index contributed by atoms with van der Waals surface area (Å²) in [6.07, 6.45) is 0. The molecule has 2 aromatic rings. The van der Waals surface area contributed by atoms with E-state index in [0.717, 1.165) is 6.07 Å². The van der Waals surface area contributed by atoms with Crippen molar-refractivity contribution < 1.29 is 59.7 Å². The molecule has 12 nitrogen and oxygen atoms in total. The number of rotatable bonds is 11. The number of carbonyl (C=O) groups excluding carboxylic acids is 5. The number of amides is 2. The molecule has 0 N–H and O–H groups in total. The highest BCUT2D eigenvalue weighted by molar-refractivity contribution is 7.88. The van der Waals surface area contributed by atoms with E-state index in [4.69, 9.17) is 9.47 Å². The lowest BCUT2D eigenvalue weighted by atomic mass is 9.91. The second-order valence-corrected chi connectivity index (χ2v) is 10.5. The van der Waals surface area contributed by atoms with Crippen molar-refractivity contribution in [3.05, 3.63) is 59.2 Å². The van der Waals surface area contributed by atoms with Crippen molar-refractivity contribution in [2.75, 3.05) is 13.2 Å². The van der Waals surface area contributed by atoms with Crippen LogP contribution in [0.2, 0.25) is 0 Å². The Kier molecular flexibility index (Phi) is 8.24. The largest absolute Gasteiger partial charge is 0.467 e. The lowest BCUT2D eigenvalue weighted by Gasteiger charge is -2.27. The van der Waals surface area contributed by atoms with Crippen molar-refractivity contribution in [3.8, 4) is 0 Å². The third-order valence-corrected chi connectivity index (χ3v) is 6.57. The molecular weight excluding hydrogens is 560 g/mol. The fraction of sp³-hybridized carbons (Fsp3) is 0.320. The SMILES string of the molecule is C=C(C)C(=O)OC(C)(C)OCCOC(=O)C(F)(F)S(=O)(=O)ON1C(=O)c2cccc3c(C(C)=O)ccc(c23)C1=O. The Morgan fingerprint density at radius 3 is 2.15 bits per heavy atom. The van der Waals surface area contributed by atoms with Gasteiger partial charge in [0, 0.05) is 30.4 Å². The highest BCUT2D eigenvalue weighted by Crippen LogP contribution is 2.34. The Labute approximate surface area is 226 Å². The number of hydroxylamine groups is 2. The molecule has 0 spiro atoms. The zero-order chi connectivity index (χ0) is 30.2. The topological polar surface area (TPSA) is 160 Å². The van der Waals surface area contributed by atoms with Gasteiger partial charge >= 0.3 is 27.3 Å². The third-order valence-electron chi connectivity index (χ3n) is 5.43. The number of alkyl halides is 2. The van der Waals surface area contributed by atoms with Gasteiger partial charge in [-0.1, -0.05) is 18.7 Å². The fourth-order valence-electron chi connectivity index (χ4n) is 3.54. The molecule has 214 valence electrons. The number of halogens is 2. The molecule has 0 radical (unpaired) electrons. The van der Waals surface area contributed by atoms with Crippen molar-refractivity contribution in [3.63, 3.8) is 0 Å². The lowest BCUT2D eigenvalue weighted by molar-refractivity contribution is -0.216. The molecule has 1 aliphatic heterocycles. The molecule has 0 saturated heterocycles. The summed E-state index contributed by atoms with van der Waals surface area (Å²) in [4.78, 5) is 61.3. The number of benzene rings is 2. The van der Waals surface area contributed by atoms with E-state index in [-0.39, 0.29) is 38.8 Å². The highest BCUT2D eigenvalue weighted by Gasteiger charge is 2.58. The van der Waals surface area contributed by atoms with Crippen LogP contribution in [0.4, 0.5) is 8.78 Å². The van der Waals surface area contributed by atoms with Gasteiger partial charge in [-0.15, -0.1) is 9.35 Å². The zero-order valence-corrected chi connectivity index (χ0v) is 22.4. The Bertz CT molecular complexity index is 1540. The van der Waals surface area contributed by atoms with Gasteiger partial charge in [0.15, 0.2) is 5.78 Å². The highest BCUT2D eigenvalue weighted by atomic mass is 32.2. The number of hydrogen-bond donors (Lipinski definition) is 0. The first-order chi connectivity index (χ1) is 18.4. The standard InChI is InChI=1S/C25H23F2NO11S/c1-13(2)22(32)38-24(4,5)37-12-11-36-23(33)25(26,27)40(34,35)39-28-20(30)17-8-6-7-16-15(14(3)29)9-10-18(19(16)17)21(28)31/h6-10H,1,11-12H2,2-5H3. The number of imide groups is 1. The number of carbonyl (C=O) groups is 5. The summed E-state index contributed by atoms with van der Waals surface area (Å²) in [5.41, 5.74) is -0.384. The van der Waals surface area contributed by atoms with Gasteiger partial charge < -0.3 is 14.2 Å². The minimum absolute atomic E-state index is 0.00507. The van der Waals surface area contributed by atoms with Gasteiger partial charge in [-0.25, -0.2) is 9.59 Å². The second-order valence-electron chi connectivity index (χ2n) is 8.95. The summed E-state index contributed by atoms with van der Waals surface area (Å²) in [5, 5.41) is -5.56. The van der Waals surface area contributed by atoms with Crippen molar-refractivity contribution in [1.82, 2.24) is 5.06 Å². The first kappa shape index (κ1) is 30.5. The molecule has 2 amide bonds. The molecule has 3 rings (SSSR count). The van der Waals surface area contributed by atoms with Gasteiger partial charge in [0.05, 0.1) is 17.7 Å². The third kappa shape index (κ3) is 5.76. The van der Waals surface area contributed by atoms with Gasteiger partial charge in [-0.05, 0) is 37.4 Å². The fourth-order valence-corrected chi connectivity index (χ4v) is 4.23. The molecule has 1 aliphatic rings. The van der Waals surface area contributed by atoms with Gasteiger partial charge in [0.25, 0.3) is 11.8 Å². The van der Waals surface area contributed by atoms with Gasteiger partial charge in [0.1, 0.15) is 6.61 Å². The zero-order valence-electron chi connectivity index (χ0n) is 21.6. The van der Waals surface area contributed by atoms with Crippen LogP contribution in [0, 0.1) is 0 Å². The van der Waals surface area contributed by atoms with E-state index in [2.05, 4.69) is 15.6 Å². The predicted molar refractivity (Wildman–Crippen MR) is 131 cm³/mol. The molecule has 0 aliphatic carbocycles. The Morgan fingerprint density at radius 2 is 1.57 bits per heavy atom. The quantitative estimate of drug-likeness (QED) is 0.0956. The number of nitrogens with zero attached hydrogens (tertiary/aromatic N) is 1. The van der Waals surface area contributed by atoms with Crippen LogP contribution in [0.25, 0.3) is 10.8 Å². The summed E-state index contributed by atoms with van der Waals surface area (Å²) in [6, 6.07) is 6.32. The molecule has 0 aromatic heterocycles. The van der Waals surface area contributed by atoms with Gasteiger partial charge in [-0.2, -0.15) is 17.2 Å². The van der Waals surface area contributed by atoms with Crippen molar-refractivity contribution >= 4 is 50.4 Å². The van der Waals surface area contributed by atoms with Crippen LogP contribution in [-0.4, -0.2) is 67.3 Å². The van der Waals surface area contributed by atoms with Crippen LogP contribution in [0.5, 0.6) is 0 Å². The van der Waals surface area contributed by atoms with E-state index in [0.29, 0.717) is 0 Å². The molecule has 2 aromatic carbocycles. The van der Waals surface area contributed by atoms with Crippen LogP contribution >= 0.6 is 0 Å². The van der Waals surface area contributed by atoms with E-state index in [1.807, 2.05) is 0 Å². The van der Waals surface area contributed by atoms with Crippen molar-refractivity contribution in [2.45, 2.75) is 38.7 Å². The summed E-state index contributed by atoms with van der Waals surface area (Å²) >= 11 is 0. The molecule has 0 fully saturated rings. The lowest BCUT2D eigenvalue weighted by Crippen LogP contribution is -2.48. The van der Waals surface area contributed by atoms with Gasteiger partial charge in [-0.3, -0.25) is 14.4 Å². The monoisotopic (exact) mass is 583 g/mol. The van der Waals surface area contributed by atoms with Crippen LogP contribution in [0.15, 0.2) is 42.5 Å².